The maximum absolute atomic E-state index is 13.5. The van der Waals surface area contributed by atoms with Gasteiger partial charge in [-0.05, 0) is 60.9 Å². The van der Waals surface area contributed by atoms with Gasteiger partial charge in [-0.2, -0.15) is 5.26 Å². The summed E-state index contributed by atoms with van der Waals surface area (Å²) < 4.78 is 5.42. The normalized spacial score (nSPS) is 21.2. The van der Waals surface area contributed by atoms with Gasteiger partial charge in [0.25, 0.3) is 5.56 Å². The molecule has 7 heteroatoms. The monoisotopic (exact) mass is 471 g/mol. The summed E-state index contributed by atoms with van der Waals surface area (Å²) in [4.78, 5) is 41.7. The van der Waals surface area contributed by atoms with Gasteiger partial charge >= 0.3 is 0 Å². The number of carbonyl (C=O) groups is 2. The Morgan fingerprint density at radius 1 is 1.29 bits per heavy atom. The van der Waals surface area contributed by atoms with Crippen molar-refractivity contribution in [3.63, 3.8) is 0 Å². The molecule has 1 saturated carbocycles. The van der Waals surface area contributed by atoms with Gasteiger partial charge in [0, 0.05) is 35.7 Å². The van der Waals surface area contributed by atoms with Gasteiger partial charge in [0.15, 0.2) is 5.78 Å². The van der Waals surface area contributed by atoms with Gasteiger partial charge in [-0.3, -0.25) is 14.4 Å². The van der Waals surface area contributed by atoms with Crippen LogP contribution in [-0.2, 0) is 28.9 Å². The Morgan fingerprint density at radius 2 is 2.11 bits per heavy atom. The van der Waals surface area contributed by atoms with E-state index in [0.29, 0.717) is 42.7 Å². The van der Waals surface area contributed by atoms with Gasteiger partial charge in [-0.15, -0.1) is 0 Å². The Morgan fingerprint density at radius 3 is 2.86 bits per heavy atom. The van der Waals surface area contributed by atoms with E-state index < -0.39 is 11.5 Å². The first-order chi connectivity index (χ1) is 16.9. The number of carbonyl (C=O) groups excluding carboxylic acids is 2. The fourth-order valence-electron chi connectivity index (χ4n) is 5.39. The fourth-order valence-corrected chi connectivity index (χ4v) is 5.39. The minimum atomic E-state index is -0.929. The molecule has 3 aliphatic rings. The predicted molar refractivity (Wildman–Crippen MR) is 131 cm³/mol. The van der Waals surface area contributed by atoms with Crippen LogP contribution in [-0.4, -0.2) is 29.8 Å². The smallest absolute Gasteiger partial charge is 0.251 e. The Hall–Kier alpha value is -3.66. The molecule has 2 aromatic rings. The molecule has 2 unspecified atom stereocenters. The van der Waals surface area contributed by atoms with Crippen molar-refractivity contribution < 1.29 is 14.3 Å². The van der Waals surface area contributed by atoms with Crippen LogP contribution >= 0.6 is 0 Å². The summed E-state index contributed by atoms with van der Waals surface area (Å²) in [5, 5.41) is 13.1. The maximum atomic E-state index is 13.5. The number of aromatic nitrogens is 1. The second-order valence-corrected chi connectivity index (χ2v) is 10.1. The molecule has 5 rings (SSSR count). The highest BCUT2D eigenvalue weighted by Gasteiger charge is 2.41. The third-order valence-corrected chi connectivity index (χ3v) is 7.63. The number of hydrogen-bond acceptors (Lipinski definition) is 5. The summed E-state index contributed by atoms with van der Waals surface area (Å²) >= 11 is 0. The number of nitriles is 1. The highest BCUT2D eigenvalue weighted by atomic mass is 16.5. The second kappa shape index (κ2) is 9.18. The number of fused-ring (bicyclic) bond motifs is 2. The molecule has 0 saturated heterocycles. The van der Waals surface area contributed by atoms with E-state index in [1.807, 2.05) is 30.3 Å². The molecule has 7 nitrogen and oxygen atoms in total. The number of amides is 1. The number of benzene rings is 1. The number of aromatic amines is 1. The average molecular weight is 472 g/mol. The maximum Gasteiger partial charge on any atom is 0.251 e. The first-order valence-electron chi connectivity index (χ1n) is 12.2. The number of aryl methyl sites for hydroxylation is 1. The van der Waals surface area contributed by atoms with Gasteiger partial charge in [-0.25, -0.2) is 0 Å². The minimum absolute atomic E-state index is 0.0298. The van der Waals surface area contributed by atoms with Crippen LogP contribution < -0.4 is 15.6 Å². The van der Waals surface area contributed by atoms with E-state index in [1.165, 1.54) is 0 Å². The molecular formula is C28H29N3O4. The number of pyridine rings is 1. The highest BCUT2D eigenvalue weighted by Crippen LogP contribution is 2.39. The minimum Gasteiger partial charge on any atom is -0.496 e. The predicted octanol–water partition coefficient (Wildman–Crippen LogP) is 3.27. The largest absolute Gasteiger partial charge is 0.496 e. The van der Waals surface area contributed by atoms with Crippen LogP contribution in [0.15, 0.2) is 40.8 Å². The molecule has 0 aliphatic heterocycles. The van der Waals surface area contributed by atoms with E-state index in [2.05, 4.69) is 16.4 Å². The van der Waals surface area contributed by atoms with E-state index in [-0.39, 0.29) is 30.1 Å². The van der Waals surface area contributed by atoms with Crippen LogP contribution in [0.1, 0.15) is 54.4 Å². The lowest BCUT2D eigenvalue weighted by Gasteiger charge is -2.32. The number of rotatable bonds is 8. The second-order valence-electron chi connectivity index (χ2n) is 10.1. The molecule has 3 aliphatic carbocycles. The lowest BCUT2D eigenvalue weighted by molar-refractivity contribution is -0.127. The molecule has 1 amide bonds. The van der Waals surface area contributed by atoms with E-state index in [4.69, 9.17) is 4.74 Å². The Kier molecular flexibility index (Phi) is 6.06. The van der Waals surface area contributed by atoms with Crippen LogP contribution in [0.5, 0.6) is 5.75 Å². The van der Waals surface area contributed by atoms with Gasteiger partial charge in [0.1, 0.15) is 5.75 Å². The van der Waals surface area contributed by atoms with Gasteiger partial charge < -0.3 is 15.0 Å². The Labute approximate surface area is 204 Å². The van der Waals surface area contributed by atoms with Crippen molar-refractivity contribution in [2.45, 2.75) is 57.4 Å². The van der Waals surface area contributed by atoms with Crippen molar-refractivity contribution in [2.75, 3.05) is 7.11 Å². The number of hydrogen-bond donors (Lipinski definition) is 2. The Bertz CT molecular complexity index is 1310. The lowest BCUT2D eigenvalue weighted by atomic mass is 9.69. The summed E-state index contributed by atoms with van der Waals surface area (Å²) in [5.41, 5.74) is 2.94. The topological polar surface area (TPSA) is 112 Å². The summed E-state index contributed by atoms with van der Waals surface area (Å²) in [5.74, 6) is 0.765. The molecule has 2 N–H and O–H groups in total. The van der Waals surface area contributed by atoms with Crippen LogP contribution in [0.25, 0.3) is 6.08 Å². The highest BCUT2D eigenvalue weighted by molar-refractivity contribution is 6.03. The van der Waals surface area contributed by atoms with Crippen molar-refractivity contribution in [1.82, 2.24) is 10.3 Å². The summed E-state index contributed by atoms with van der Waals surface area (Å²) in [6.07, 6.45) is 8.04. The van der Waals surface area contributed by atoms with Crippen LogP contribution in [0, 0.1) is 22.7 Å². The SMILES string of the molecule is COc1cccc2c1C=C(C(=O)NC(CC1CC1)C(=O)CC1(C#N)CCc3cc[nH]c(=O)c3C1)C2. The lowest BCUT2D eigenvalue weighted by Crippen LogP contribution is -2.44. The fraction of sp³-hybridized carbons (Fsp3) is 0.429. The van der Waals surface area contributed by atoms with Crippen molar-refractivity contribution in [3.05, 3.63) is 68.6 Å². The zero-order valence-corrected chi connectivity index (χ0v) is 19.9. The molecule has 0 bridgehead atoms. The molecule has 1 fully saturated rings. The molecule has 1 heterocycles. The van der Waals surface area contributed by atoms with Crippen molar-refractivity contribution in [1.29, 1.82) is 5.26 Å². The van der Waals surface area contributed by atoms with Crippen molar-refractivity contribution in [2.24, 2.45) is 11.3 Å². The van der Waals surface area contributed by atoms with Crippen molar-refractivity contribution >= 4 is 17.8 Å². The van der Waals surface area contributed by atoms with E-state index >= 15 is 0 Å². The number of methoxy groups -OCH3 is 1. The van der Waals surface area contributed by atoms with E-state index in [1.54, 1.807) is 13.3 Å². The number of ether oxygens (including phenoxy) is 1. The average Bonchev–Trinajstić information content (AvgIpc) is 3.57. The summed E-state index contributed by atoms with van der Waals surface area (Å²) in [6, 6.07) is 9.34. The zero-order valence-electron chi connectivity index (χ0n) is 19.9. The molecular weight excluding hydrogens is 442 g/mol. The third-order valence-electron chi connectivity index (χ3n) is 7.63. The van der Waals surface area contributed by atoms with Crippen LogP contribution in [0.2, 0.25) is 0 Å². The summed E-state index contributed by atoms with van der Waals surface area (Å²) in [6.45, 7) is 0. The molecule has 35 heavy (non-hydrogen) atoms. The number of nitrogens with one attached hydrogen (secondary N) is 2. The van der Waals surface area contributed by atoms with Gasteiger partial charge in [0.05, 0.1) is 24.6 Å². The zero-order chi connectivity index (χ0) is 24.6. The number of Topliss-reactive ketones (excluding diaryl/α,β-unsaturated/α-hetero) is 1. The van der Waals surface area contributed by atoms with E-state index in [0.717, 1.165) is 35.3 Å². The number of nitrogens with zero attached hydrogens (tertiary/aromatic N) is 1. The van der Waals surface area contributed by atoms with Crippen LogP contribution in [0.3, 0.4) is 0 Å². The Balaban J connectivity index is 1.32. The third kappa shape index (κ3) is 4.66. The molecule has 2 atom stereocenters. The molecule has 1 aromatic carbocycles. The quantitative estimate of drug-likeness (QED) is 0.614. The standard InChI is InChI=1S/C28H29N3O4/c1-35-25-4-2-3-19-12-20(13-21(19)25)26(33)31-23(11-17-5-6-17)24(32)15-28(16-29)9-7-18-8-10-30-27(34)22(18)14-28/h2-4,8,10,13,17,23H,5-7,9,11-12,14-15H2,1H3,(H,30,34)(H,31,33). The van der Waals surface area contributed by atoms with Crippen molar-refractivity contribution in [3.8, 4) is 11.8 Å². The molecule has 0 radical (unpaired) electrons. The van der Waals surface area contributed by atoms with Gasteiger partial charge in [0.2, 0.25) is 5.91 Å². The number of ketones is 1. The first kappa shape index (κ1) is 23.1. The molecule has 0 spiro atoms. The van der Waals surface area contributed by atoms with Crippen LogP contribution in [0.4, 0.5) is 0 Å². The molecule has 1 aromatic heterocycles. The number of H-pyrrole nitrogens is 1. The first-order valence-corrected chi connectivity index (χ1v) is 12.2. The molecule has 180 valence electrons. The van der Waals surface area contributed by atoms with Gasteiger partial charge in [-0.1, -0.05) is 25.0 Å². The summed E-state index contributed by atoms with van der Waals surface area (Å²) in [7, 11) is 1.61. The van der Waals surface area contributed by atoms with E-state index in [9.17, 15) is 19.6 Å².